The summed E-state index contributed by atoms with van der Waals surface area (Å²) in [5.41, 5.74) is 5.06. The van der Waals surface area contributed by atoms with E-state index in [0.717, 1.165) is 26.4 Å². The second-order valence-electron chi connectivity index (χ2n) is 6.97. The van der Waals surface area contributed by atoms with Gasteiger partial charge >= 0.3 is 0 Å². The van der Waals surface area contributed by atoms with E-state index in [1.54, 1.807) is 18.4 Å². The minimum Gasteiger partial charge on any atom is -0.355 e. The lowest BCUT2D eigenvalue weighted by Crippen LogP contribution is -2.17. The molecule has 2 N–H and O–H groups in total. The highest BCUT2D eigenvalue weighted by molar-refractivity contribution is 7.23. The second-order valence-corrected chi connectivity index (χ2v) is 7.97. The van der Waals surface area contributed by atoms with Crippen LogP contribution >= 0.6 is 11.3 Å². The molecule has 0 radical (unpaired) electrons. The number of aryl methyl sites for hydroxylation is 1. The van der Waals surface area contributed by atoms with Gasteiger partial charge in [0.15, 0.2) is 4.96 Å². The molecule has 1 amide bonds. The van der Waals surface area contributed by atoms with Gasteiger partial charge in [-0.2, -0.15) is 0 Å². The molecule has 0 saturated carbocycles. The number of hydrogen-bond donors (Lipinski definition) is 2. The molecule has 28 heavy (non-hydrogen) atoms. The Bertz CT molecular complexity index is 1100. The van der Waals surface area contributed by atoms with Gasteiger partial charge in [0, 0.05) is 24.4 Å². The van der Waals surface area contributed by atoms with Crippen molar-refractivity contribution in [2.75, 3.05) is 20.1 Å². The third-order valence-corrected chi connectivity index (χ3v) is 5.91. The Morgan fingerprint density at radius 1 is 1.14 bits per heavy atom. The maximum atomic E-state index is 11.7. The van der Waals surface area contributed by atoms with Crippen molar-refractivity contribution in [3.63, 3.8) is 0 Å². The molecule has 0 spiro atoms. The molecule has 1 aliphatic rings. The zero-order valence-electron chi connectivity index (χ0n) is 16.2. The standard InChI is InChI=1S/C18H15N3OS.C4H9N/c1-11-3-5-12(6-4-11)14-10-21-15-8-7-13(17(22)19-2)9-16(15)23-18(21)20-14;1-2-4-5-3-1/h3-10H,1-2H3,(H,19,22);5H,1-4H2. The summed E-state index contributed by atoms with van der Waals surface area (Å²) in [6, 6.07) is 14.1. The van der Waals surface area contributed by atoms with E-state index in [1.807, 2.05) is 18.2 Å². The fourth-order valence-electron chi connectivity index (χ4n) is 3.28. The summed E-state index contributed by atoms with van der Waals surface area (Å²) in [6.45, 7) is 4.58. The molecule has 5 nitrogen and oxygen atoms in total. The average Bonchev–Trinajstić information content (AvgIpc) is 3.46. The number of hydrogen-bond acceptors (Lipinski definition) is 4. The SMILES string of the molecule is C1CCNC1.CNC(=O)c1ccc2c(c1)sc1nc(-c3ccc(C)cc3)cn12. The first-order valence-electron chi connectivity index (χ1n) is 9.57. The van der Waals surface area contributed by atoms with Gasteiger partial charge in [-0.3, -0.25) is 9.20 Å². The van der Waals surface area contributed by atoms with Crippen molar-refractivity contribution in [3.05, 3.63) is 59.8 Å². The zero-order valence-corrected chi connectivity index (χ0v) is 17.0. The Hall–Kier alpha value is -2.70. The van der Waals surface area contributed by atoms with Crippen LogP contribution in [0.3, 0.4) is 0 Å². The monoisotopic (exact) mass is 392 g/mol. The smallest absolute Gasteiger partial charge is 0.251 e. The summed E-state index contributed by atoms with van der Waals surface area (Å²) >= 11 is 1.59. The van der Waals surface area contributed by atoms with E-state index >= 15 is 0 Å². The molecule has 1 aliphatic heterocycles. The summed E-state index contributed by atoms with van der Waals surface area (Å²) in [4.78, 5) is 17.4. The van der Waals surface area contributed by atoms with Crippen molar-refractivity contribution < 1.29 is 4.79 Å². The third-order valence-electron chi connectivity index (χ3n) is 4.89. The first kappa shape index (κ1) is 18.7. The van der Waals surface area contributed by atoms with E-state index in [4.69, 9.17) is 4.98 Å². The predicted molar refractivity (Wildman–Crippen MR) is 116 cm³/mol. The van der Waals surface area contributed by atoms with Crippen LogP contribution in [0.5, 0.6) is 0 Å². The van der Waals surface area contributed by atoms with Crippen LogP contribution in [0.15, 0.2) is 48.7 Å². The Balaban J connectivity index is 0.000000336. The Morgan fingerprint density at radius 3 is 2.54 bits per heavy atom. The Labute approximate surface area is 168 Å². The lowest BCUT2D eigenvalue weighted by molar-refractivity contribution is 0.0963. The highest BCUT2D eigenvalue weighted by Crippen LogP contribution is 2.30. The molecule has 4 aromatic rings. The molecule has 2 aromatic heterocycles. The highest BCUT2D eigenvalue weighted by atomic mass is 32.1. The molecule has 0 bridgehead atoms. The summed E-state index contributed by atoms with van der Waals surface area (Å²) in [5.74, 6) is -0.0710. The van der Waals surface area contributed by atoms with Crippen LogP contribution in [0, 0.1) is 6.92 Å². The first-order chi connectivity index (χ1) is 13.7. The van der Waals surface area contributed by atoms with Crippen LogP contribution in [0.25, 0.3) is 26.4 Å². The minimum absolute atomic E-state index is 0.0710. The van der Waals surface area contributed by atoms with Gasteiger partial charge < -0.3 is 10.6 Å². The number of imidazole rings is 1. The van der Waals surface area contributed by atoms with Crippen LogP contribution in [0.2, 0.25) is 0 Å². The summed E-state index contributed by atoms with van der Waals surface area (Å²) in [6.07, 6.45) is 4.83. The maximum Gasteiger partial charge on any atom is 0.251 e. The third kappa shape index (κ3) is 3.79. The highest BCUT2D eigenvalue weighted by Gasteiger charge is 2.12. The van der Waals surface area contributed by atoms with Gasteiger partial charge in [0.25, 0.3) is 5.91 Å². The van der Waals surface area contributed by atoms with E-state index in [0.29, 0.717) is 5.56 Å². The number of rotatable bonds is 2. The zero-order chi connectivity index (χ0) is 19.5. The minimum atomic E-state index is -0.0710. The number of nitrogens with one attached hydrogen (secondary N) is 2. The number of aromatic nitrogens is 2. The molecule has 1 fully saturated rings. The van der Waals surface area contributed by atoms with E-state index < -0.39 is 0 Å². The van der Waals surface area contributed by atoms with Crippen molar-refractivity contribution in [3.8, 4) is 11.3 Å². The summed E-state index contributed by atoms with van der Waals surface area (Å²) in [7, 11) is 1.64. The summed E-state index contributed by atoms with van der Waals surface area (Å²) < 4.78 is 3.15. The van der Waals surface area contributed by atoms with Gasteiger partial charge in [0.2, 0.25) is 0 Å². The van der Waals surface area contributed by atoms with Crippen molar-refractivity contribution >= 4 is 32.4 Å². The van der Waals surface area contributed by atoms with Crippen LogP contribution in [-0.4, -0.2) is 35.4 Å². The van der Waals surface area contributed by atoms with Crippen molar-refractivity contribution in [2.24, 2.45) is 0 Å². The van der Waals surface area contributed by atoms with Crippen LogP contribution < -0.4 is 10.6 Å². The molecular weight excluding hydrogens is 368 g/mol. The lowest BCUT2D eigenvalue weighted by atomic mass is 10.1. The van der Waals surface area contributed by atoms with Gasteiger partial charge in [0.1, 0.15) is 0 Å². The molecule has 3 heterocycles. The predicted octanol–water partition coefficient (Wildman–Crippen LogP) is 4.25. The quantitative estimate of drug-likeness (QED) is 0.536. The second kappa shape index (κ2) is 8.12. The number of amides is 1. The molecule has 2 aromatic carbocycles. The number of benzene rings is 2. The molecule has 1 saturated heterocycles. The van der Waals surface area contributed by atoms with E-state index in [9.17, 15) is 4.79 Å². The van der Waals surface area contributed by atoms with Gasteiger partial charge in [0.05, 0.1) is 15.9 Å². The van der Waals surface area contributed by atoms with Crippen LogP contribution in [0.4, 0.5) is 0 Å². The Kier molecular flexibility index (Phi) is 5.41. The normalized spacial score (nSPS) is 13.5. The van der Waals surface area contributed by atoms with Crippen molar-refractivity contribution in [1.82, 2.24) is 20.0 Å². The van der Waals surface area contributed by atoms with E-state index in [-0.39, 0.29) is 5.91 Å². The number of thiazole rings is 1. The largest absolute Gasteiger partial charge is 0.355 e. The van der Waals surface area contributed by atoms with Gasteiger partial charge in [-0.1, -0.05) is 41.2 Å². The number of nitrogens with zero attached hydrogens (tertiary/aromatic N) is 2. The number of carbonyl (C=O) groups is 1. The number of fused-ring (bicyclic) bond motifs is 3. The molecule has 0 atom stereocenters. The molecule has 5 rings (SSSR count). The van der Waals surface area contributed by atoms with Gasteiger partial charge in [-0.15, -0.1) is 0 Å². The van der Waals surface area contributed by atoms with Crippen LogP contribution in [-0.2, 0) is 0 Å². The topological polar surface area (TPSA) is 58.4 Å². The first-order valence-corrected chi connectivity index (χ1v) is 10.4. The average molecular weight is 393 g/mol. The molecule has 144 valence electrons. The maximum absolute atomic E-state index is 11.7. The Morgan fingerprint density at radius 2 is 1.89 bits per heavy atom. The fourth-order valence-corrected chi connectivity index (χ4v) is 4.32. The van der Waals surface area contributed by atoms with Gasteiger partial charge in [-0.25, -0.2) is 4.98 Å². The van der Waals surface area contributed by atoms with Crippen molar-refractivity contribution in [1.29, 1.82) is 0 Å². The fraction of sp³-hybridized carbons (Fsp3) is 0.273. The number of carbonyl (C=O) groups excluding carboxylic acids is 1. The lowest BCUT2D eigenvalue weighted by Gasteiger charge is -1.99. The van der Waals surface area contributed by atoms with Gasteiger partial charge in [-0.05, 0) is 51.1 Å². The van der Waals surface area contributed by atoms with E-state index in [2.05, 4.69) is 52.4 Å². The molecule has 0 aliphatic carbocycles. The molecular formula is C22H24N4OS. The van der Waals surface area contributed by atoms with Crippen molar-refractivity contribution in [2.45, 2.75) is 19.8 Å². The molecule has 0 unspecified atom stereocenters. The van der Waals surface area contributed by atoms with Crippen LogP contribution in [0.1, 0.15) is 28.8 Å². The molecule has 6 heteroatoms. The van der Waals surface area contributed by atoms with E-state index in [1.165, 1.54) is 31.5 Å². The summed E-state index contributed by atoms with van der Waals surface area (Å²) in [5, 5.41) is 5.87.